The van der Waals surface area contributed by atoms with Crippen LogP contribution in [0.1, 0.15) is 11.1 Å². The average molecular weight is 267 g/mol. The van der Waals surface area contributed by atoms with Gasteiger partial charge in [-0.05, 0) is 50.2 Å². The van der Waals surface area contributed by atoms with Crippen molar-refractivity contribution in [3.8, 4) is 5.75 Å². The first kappa shape index (κ1) is 13.7. The van der Waals surface area contributed by atoms with Gasteiger partial charge in [-0.1, -0.05) is 6.07 Å². The van der Waals surface area contributed by atoms with Gasteiger partial charge in [0.05, 0.1) is 6.61 Å². The largest absolute Gasteiger partial charge is 0.508 e. The number of aliphatic hydroxyl groups is 1. The van der Waals surface area contributed by atoms with E-state index in [1.165, 1.54) is 11.1 Å². The SMILES string of the molecule is CN(C)C1Cc2cc(O)ccc2CC1SCCO. The smallest absolute Gasteiger partial charge is 0.115 e. The third kappa shape index (κ3) is 2.99. The van der Waals surface area contributed by atoms with E-state index in [-0.39, 0.29) is 6.61 Å². The topological polar surface area (TPSA) is 43.7 Å². The normalized spacial score (nSPS) is 23.1. The Hall–Kier alpha value is -0.710. The summed E-state index contributed by atoms with van der Waals surface area (Å²) in [6.07, 6.45) is 1.99. The molecule has 2 unspecified atom stereocenters. The number of aromatic hydroxyl groups is 1. The minimum absolute atomic E-state index is 0.240. The predicted molar refractivity (Wildman–Crippen MR) is 76.3 cm³/mol. The summed E-state index contributed by atoms with van der Waals surface area (Å²) in [7, 11) is 4.20. The Balaban J connectivity index is 2.20. The zero-order chi connectivity index (χ0) is 13.1. The van der Waals surface area contributed by atoms with E-state index in [1.54, 1.807) is 6.07 Å². The minimum Gasteiger partial charge on any atom is -0.508 e. The summed E-state index contributed by atoms with van der Waals surface area (Å²) in [6.45, 7) is 0.240. The first-order chi connectivity index (χ1) is 8.61. The second-order valence-electron chi connectivity index (χ2n) is 5.03. The van der Waals surface area contributed by atoms with Crippen LogP contribution in [0.15, 0.2) is 18.2 Å². The molecule has 0 aliphatic heterocycles. The van der Waals surface area contributed by atoms with Gasteiger partial charge in [-0.2, -0.15) is 11.8 Å². The number of likely N-dealkylation sites (N-methyl/N-ethyl adjacent to an activating group) is 1. The van der Waals surface area contributed by atoms with E-state index in [1.807, 2.05) is 23.9 Å². The van der Waals surface area contributed by atoms with Gasteiger partial charge in [0.2, 0.25) is 0 Å². The zero-order valence-electron chi connectivity index (χ0n) is 11.0. The van der Waals surface area contributed by atoms with Crippen molar-refractivity contribution in [3.05, 3.63) is 29.3 Å². The van der Waals surface area contributed by atoms with Gasteiger partial charge in [-0.15, -0.1) is 0 Å². The molecule has 0 bridgehead atoms. The van der Waals surface area contributed by atoms with Gasteiger partial charge in [0.15, 0.2) is 0 Å². The van der Waals surface area contributed by atoms with Gasteiger partial charge >= 0.3 is 0 Å². The van der Waals surface area contributed by atoms with Gasteiger partial charge in [-0.3, -0.25) is 0 Å². The molecule has 0 spiro atoms. The number of hydrogen-bond acceptors (Lipinski definition) is 4. The number of hydrogen-bond donors (Lipinski definition) is 2. The molecular formula is C14H21NO2S. The summed E-state index contributed by atoms with van der Waals surface area (Å²) < 4.78 is 0. The van der Waals surface area contributed by atoms with Crippen LogP contribution in [0.4, 0.5) is 0 Å². The number of phenols is 1. The molecule has 0 aromatic heterocycles. The summed E-state index contributed by atoms with van der Waals surface area (Å²) in [5.74, 6) is 1.15. The Labute approximate surface area is 113 Å². The quantitative estimate of drug-likeness (QED) is 0.868. The Morgan fingerprint density at radius 1 is 1.28 bits per heavy atom. The fraction of sp³-hybridized carbons (Fsp3) is 0.571. The molecule has 0 saturated carbocycles. The lowest BCUT2D eigenvalue weighted by Gasteiger charge is -2.37. The summed E-state index contributed by atoms with van der Waals surface area (Å²) in [5, 5.41) is 19.1. The third-order valence-corrected chi connectivity index (χ3v) is 4.88. The predicted octanol–water partition coefficient (Wildman–Crippen LogP) is 1.52. The number of nitrogens with zero attached hydrogens (tertiary/aromatic N) is 1. The van der Waals surface area contributed by atoms with Crippen LogP contribution >= 0.6 is 11.8 Å². The Bertz CT molecular complexity index is 409. The van der Waals surface area contributed by atoms with Gasteiger partial charge in [0.1, 0.15) is 5.75 Å². The molecular weight excluding hydrogens is 246 g/mol. The van der Waals surface area contributed by atoms with Crippen LogP contribution in [0.3, 0.4) is 0 Å². The molecule has 2 atom stereocenters. The van der Waals surface area contributed by atoms with Crippen molar-refractivity contribution in [3.63, 3.8) is 0 Å². The number of aliphatic hydroxyl groups excluding tert-OH is 1. The van der Waals surface area contributed by atoms with E-state index in [0.29, 0.717) is 17.0 Å². The molecule has 3 nitrogen and oxygen atoms in total. The highest BCUT2D eigenvalue weighted by Gasteiger charge is 2.30. The van der Waals surface area contributed by atoms with Crippen LogP contribution in [0.5, 0.6) is 5.75 Å². The second kappa shape index (κ2) is 5.95. The highest BCUT2D eigenvalue weighted by atomic mass is 32.2. The number of phenolic OH excluding ortho intramolecular Hbond substituents is 1. The molecule has 1 aromatic carbocycles. The van der Waals surface area contributed by atoms with Crippen LogP contribution in [0.25, 0.3) is 0 Å². The Morgan fingerprint density at radius 2 is 2.06 bits per heavy atom. The van der Waals surface area contributed by atoms with Crippen LogP contribution in [0.2, 0.25) is 0 Å². The van der Waals surface area contributed by atoms with Gasteiger partial charge in [-0.25, -0.2) is 0 Å². The highest BCUT2D eigenvalue weighted by Crippen LogP contribution is 2.32. The molecule has 0 saturated heterocycles. The fourth-order valence-corrected chi connectivity index (χ4v) is 3.87. The Morgan fingerprint density at radius 3 is 2.72 bits per heavy atom. The molecule has 4 heteroatoms. The summed E-state index contributed by atoms with van der Waals surface area (Å²) in [6, 6.07) is 6.15. The monoisotopic (exact) mass is 267 g/mol. The van der Waals surface area contributed by atoms with Crippen molar-refractivity contribution in [2.24, 2.45) is 0 Å². The van der Waals surface area contributed by atoms with Crippen LogP contribution in [0, 0.1) is 0 Å². The van der Waals surface area contributed by atoms with Gasteiger partial charge in [0, 0.05) is 17.0 Å². The average Bonchev–Trinajstić information content (AvgIpc) is 2.35. The lowest BCUT2D eigenvalue weighted by molar-refractivity contribution is 0.273. The summed E-state index contributed by atoms with van der Waals surface area (Å²) in [4.78, 5) is 2.25. The van der Waals surface area contributed by atoms with E-state index in [4.69, 9.17) is 5.11 Å². The standard InChI is InChI=1S/C14H21NO2S/c1-15(2)13-8-11-7-12(17)4-3-10(11)9-14(13)18-6-5-16/h3-4,7,13-14,16-17H,5-6,8-9H2,1-2H3. The van der Waals surface area contributed by atoms with Crippen molar-refractivity contribution < 1.29 is 10.2 Å². The van der Waals surface area contributed by atoms with E-state index >= 15 is 0 Å². The maximum atomic E-state index is 9.57. The lowest BCUT2D eigenvalue weighted by atomic mass is 9.87. The van der Waals surface area contributed by atoms with Gasteiger partial charge in [0.25, 0.3) is 0 Å². The maximum absolute atomic E-state index is 9.57. The van der Waals surface area contributed by atoms with Crippen LogP contribution in [-0.4, -0.2) is 52.9 Å². The molecule has 1 aliphatic carbocycles. The van der Waals surface area contributed by atoms with Crippen molar-refractivity contribution in [1.82, 2.24) is 4.90 Å². The van der Waals surface area contributed by atoms with E-state index < -0.39 is 0 Å². The van der Waals surface area contributed by atoms with Gasteiger partial charge < -0.3 is 15.1 Å². The van der Waals surface area contributed by atoms with E-state index in [9.17, 15) is 5.11 Å². The van der Waals surface area contributed by atoms with Crippen molar-refractivity contribution in [1.29, 1.82) is 0 Å². The zero-order valence-corrected chi connectivity index (χ0v) is 11.8. The lowest BCUT2D eigenvalue weighted by Crippen LogP contribution is -2.43. The molecule has 2 N–H and O–H groups in total. The Kier molecular flexibility index (Phi) is 4.54. The molecule has 0 amide bonds. The molecule has 2 rings (SSSR count). The van der Waals surface area contributed by atoms with E-state index in [2.05, 4.69) is 19.0 Å². The number of benzene rings is 1. The van der Waals surface area contributed by atoms with Crippen molar-refractivity contribution in [2.45, 2.75) is 24.1 Å². The fourth-order valence-electron chi connectivity index (χ4n) is 2.60. The first-order valence-corrected chi connectivity index (χ1v) is 7.36. The van der Waals surface area contributed by atoms with Crippen LogP contribution in [-0.2, 0) is 12.8 Å². The molecule has 18 heavy (non-hydrogen) atoms. The molecule has 100 valence electrons. The number of thioether (sulfide) groups is 1. The molecule has 0 fully saturated rings. The first-order valence-electron chi connectivity index (χ1n) is 6.31. The van der Waals surface area contributed by atoms with Crippen molar-refractivity contribution >= 4 is 11.8 Å². The molecule has 0 heterocycles. The molecule has 1 aliphatic rings. The molecule has 0 radical (unpaired) electrons. The summed E-state index contributed by atoms with van der Waals surface area (Å²) >= 11 is 1.85. The maximum Gasteiger partial charge on any atom is 0.115 e. The van der Waals surface area contributed by atoms with Crippen LogP contribution < -0.4 is 0 Å². The second-order valence-corrected chi connectivity index (χ2v) is 6.37. The van der Waals surface area contributed by atoms with E-state index in [0.717, 1.165) is 18.6 Å². The van der Waals surface area contributed by atoms with Crippen molar-refractivity contribution in [2.75, 3.05) is 26.5 Å². The third-order valence-electron chi connectivity index (χ3n) is 3.56. The minimum atomic E-state index is 0.240. The molecule has 1 aromatic rings. The number of fused-ring (bicyclic) bond motifs is 1. The number of rotatable bonds is 4. The highest BCUT2D eigenvalue weighted by molar-refractivity contribution is 8.00. The summed E-state index contributed by atoms with van der Waals surface area (Å²) in [5.41, 5.74) is 2.59.